The van der Waals surface area contributed by atoms with Gasteiger partial charge in [0.25, 0.3) is 0 Å². The Labute approximate surface area is 157 Å². The average Bonchev–Trinajstić information content (AvgIpc) is 2.67. The first-order valence-electron chi connectivity index (χ1n) is 8.79. The van der Waals surface area contributed by atoms with Crippen LogP contribution in [0.2, 0.25) is 5.02 Å². The van der Waals surface area contributed by atoms with E-state index in [-0.39, 0.29) is 0 Å². The number of ether oxygens (including phenoxy) is 1. The summed E-state index contributed by atoms with van der Waals surface area (Å²) in [6, 6.07) is 13.6. The smallest absolute Gasteiger partial charge is 0.118 e. The second-order valence-electron chi connectivity index (χ2n) is 6.42. The summed E-state index contributed by atoms with van der Waals surface area (Å²) in [5.41, 5.74) is 8.68. The van der Waals surface area contributed by atoms with E-state index in [1.54, 1.807) is 7.11 Å². The van der Waals surface area contributed by atoms with Crippen LogP contribution in [0.3, 0.4) is 0 Å². The van der Waals surface area contributed by atoms with Crippen molar-refractivity contribution in [1.29, 1.82) is 0 Å². The molecule has 0 fully saturated rings. The highest BCUT2D eigenvalue weighted by Crippen LogP contribution is 2.34. The first-order valence-corrected chi connectivity index (χ1v) is 9.16. The molecule has 0 atom stereocenters. The van der Waals surface area contributed by atoms with Gasteiger partial charge in [-0.25, -0.2) is 0 Å². The molecule has 1 aliphatic rings. The number of benzene rings is 2. The van der Waals surface area contributed by atoms with Crippen LogP contribution in [0.4, 0.5) is 5.69 Å². The van der Waals surface area contributed by atoms with E-state index in [0.717, 1.165) is 46.4 Å². The molecular formula is C21H20ClN3O. The van der Waals surface area contributed by atoms with Crippen molar-refractivity contribution in [1.82, 2.24) is 4.98 Å². The molecule has 0 bridgehead atoms. The fourth-order valence-electron chi connectivity index (χ4n) is 3.39. The Morgan fingerprint density at radius 3 is 2.73 bits per heavy atom. The zero-order chi connectivity index (χ0) is 17.9. The van der Waals surface area contributed by atoms with Crippen molar-refractivity contribution < 1.29 is 4.74 Å². The van der Waals surface area contributed by atoms with E-state index in [0.29, 0.717) is 5.02 Å². The summed E-state index contributed by atoms with van der Waals surface area (Å²) in [5, 5.41) is 6.23. The maximum absolute atomic E-state index is 6.16. The van der Waals surface area contributed by atoms with Crippen LogP contribution in [0.25, 0.3) is 10.9 Å². The van der Waals surface area contributed by atoms with Gasteiger partial charge in [-0.3, -0.25) is 10.4 Å². The van der Waals surface area contributed by atoms with E-state index in [2.05, 4.69) is 10.5 Å². The van der Waals surface area contributed by atoms with Gasteiger partial charge in [-0.2, -0.15) is 5.10 Å². The maximum Gasteiger partial charge on any atom is 0.118 e. The van der Waals surface area contributed by atoms with Crippen molar-refractivity contribution in [2.45, 2.75) is 25.7 Å². The largest absolute Gasteiger partial charge is 0.497 e. The number of fused-ring (bicyclic) bond motifs is 2. The monoisotopic (exact) mass is 365 g/mol. The molecule has 0 spiro atoms. The molecule has 2 aromatic carbocycles. The van der Waals surface area contributed by atoms with Crippen LogP contribution in [-0.4, -0.2) is 18.3 Å². The molecule has 5 heteroatoms. The summed E-state index contributed by atoms with van der Waals surface area (Å²) in [5.74, 6) is 0.834. The van der Waals surface area contributed by atoms with Gasteiger partial charge in [-0.1, -0.05) is 11.6 Å². The number of pyridine rings is 1. The molecule has 26 heavy (non-hydrogen) atoms. The van der Waals surface area contributed by atoms with Crippen molar-refractivity contribution in [3.8, 4) is 5.75 Å². The minimum atomic E-state index is 0.702. The Balaban J connectivity index is 1.69. The van der Waals surface area contributed by atoms with Crippen LogP contribution in [0.1, 0.15) is 29.7 Å². The first kappa shape index (κ1) is 16.9. The van der Waals surface area contributed by atoms with E-state index >= 15 is 0 Å². The van der Waals surface area contributed by atoms with Gasteiger partial charge in [0.1, 0.15) is 5.75 Å². The molecule has 1 N–H and O–H groups in total. The van der Waals surface area contributed by atoms with Crippen molar-refractivity contribution in [3.63, 3.8) is 0 Å². The lowest BCUT2D eigenvalue weighted by molar-refractivity contribution is 0.415. The predicted octanol–water partition coefficient (Wildman–Crippen LogP) is 5.22. The van der Waals surface area contributed by atoms with Crippen molar-refractivity contribution in [2.75, 3.05) is 12.5 Å². The van der Waals surface area contributed by atoms with E-state index in [1.807, 2.05) is 48.7 Å². The zero-order valence-electron chi connectivity index (χ0n) is 14.6. The standard InChI is InChI=1S/C21H20ClN3O/c1-26-16-9-6-14(7-10-16)13-23-25-21-17-4-2-3-5-19(17)24-20-12-15(22)8-11-18(20)21/h6-13H,2-5H2,1H3,(H,24,25)/b23-13+. The fraction of sp³-hybridized carbons (Fsp3) is 0.238. The van der Waals surface area contributed by atoms with Gasteiger partial charge >= 0.3 is 0 Å². The van der Waals surface area contributed by atoms with Crippen molar-refractivity contribution >= 4 is 34.4 Å². The molecule has 0 saturated heterocycles. The number of aromatic nitrogens is 1. The lowest BCUT2D eigenvalue weighted by Crippen LogP contribution is -2.09. The summed E-state index contributed by atoms with van der Waals surface area (Å²) < 4.78 is 5.19. The van der Waals surface area contributed by atoms with Crippen molar-refractivity contribution in [2.24, 2.45) is 5.10 Å². The first-order chi connectivity index (χ1) is 12.7. The third kappa shape index (κ3) is 3.37. The van der Waals surface area contributed by atoms with E-state index in [4.69, 9.17) is 21.3 Å². The van der Waals surface area contributed by atoms with Crippen LogP contribution in [0.15, 0.2) is 47.6 Å². The van der Waals surface area contributed by atoms with Crippen LogP contribution < -0.4 is 10.2 Å². The molecule has 0 saturated carbocycles. The fourth-order valence-corrected chi connectivity index (χ4v) is 3.55. The quantitative estimate of drug-likeness (QED) is 0.509. The number of hydrazone groups is 1. The minimum Gasteiger partial charge on any atom is -0.497 e. The van der Waals surface area contributed by atoms with Crippen LogP contribution in [0.5, 0.6) is 5.75 Å². The third-order valence-corrected chi connectivity index (χ3v) is 4.97. The summed E-state index contributed by atoms with van der Waals surface area (Å²) in [7, 11) is 1.66. The summed E-state index contributed by atoms with van der Waals surface area (Å²) in [4.78, 5) is 4.83. The molecule has 3 aromatic rings. The molecule has 132 valence electrons. The predicted molar refractivity (Wildman–Crippen MR) is 108 cm³/mol. The third-order valence-electron chi connectivity index (χ3n) is 4.73. The van der Waals surface area contributed by atoms with Crippen LogP contribution in [0, 0.1) is 0 Å². The van der Waals surface area contributed by atoms with Crippen LogP contribution >= 0.6 is 11.6 Å². The van der Waals surface area contributed by atoms with Gasteiger partial charge in [-0.05, 0) is 79.3 Å². The molecule has 0 aliphatic heterocycles. The molecule has 0 amide bonds. The summed E-state index contributed by atoms with van der Waals surface area (Å²) in [6.07, 6.45) is 6.22. The molecule has 1 aliphatic carbocycles. The van der Waals surface area contributed by atoms with Crippen molar-refractivity contribution in [3.05, 3.63) is 64.3 Å². The lowest BCUT2D eigenvalue weighted by Gasteiger charge is -2.20. The molecular weight excluding hydrogens is 346 g/mol. The molecule has 1 aromatic heterocycles. The number of hydrogen-bond donors (Lipinski definition) is 1. The van der Waals surface area contributed by atoms with Crippen LogP contribution in [-0.2, 0) is 12.8 Å². The van der Waals surface area contributed by atoms with Gasteiger partial charge in [0.05, 0.1) is 24.5 Å². The Morgan fingerprint density at radius 2 is 1.92 bits per heavy atom. The summed E-state index contributed by atoms with van der Waals surface area (Å²) >= 11 is 6.16. The highest BCUT2D eigenvalue weighted by Gasteiger charge is 2.18. The van der Waals surface area contributed by atoms with E-state index in [1.165, 1.54) is 18.4 Å². The number of nitrogens with one attached hydrogen (secondary N) is 1. The molecule has 0 unspecified atom stereocenters. The summed E-state index contributed by atoms with van der Waals surface area (Å²) in [6.45, 7) is 0. The maximum atomic E-state index is 6.16. The number of rotatable bonds is 4. The number of anilines is 1. The Bertz CT molecular complexity index is 967. The molecule has 4 rings (SSSR count). The van der Waals surface area contributed by atoms with Gasteiger partial charge in [0.15, 0.2) is 0 Å². The Kier molecular flexibility index (Phi) is 4.76. The molecule has 1 heterocycles. The number of aryl methyl sites for hydroxylation is 1. The van der Waals surface area contributed by atoms with E-state index < -0.39 is 0 Å². The lowest BCUT2D eigenvalue weighted by atomic mass is 9.93. The number of methoxy groups -OCH3 is 1. The minimum absolute atomic E-state index is 0.702. The van der Waals surface area contributed by atoms with Gasteiger partial charge in [0.2, 0.25) is 0 Å². The molecule has 4 nitrogen and oxygen atoms in total. The van der Waals surface area contributed by atoms with Gasteiger partial charge < -0.3 is 4.74 Å². The van der Waals surface area contributed by atoms with Gasteiger partial charge in [-0.15, -0.1) is 0 Å². The Morgan fingerprint density at radius 1 is 1.12 bits per heavy atom. The average molecular weight is 366 g/mol. The molecule has 0 radical (unpaired) electrons. The second-order valence-corrected chi connectivity index (χ2v) is 6.86. The number of halogens is 1. The topological polar surface area (TPSA) is 46.5 Å². The van der Waals surface area contributed by atoms with Gasteiger partial charge in [0, 0.05) is 16.1 Å². The number of hydrogen-bond acceptors (Lipinski definition) is 4. The van der Waals surface area contributed by atoms with E-state index in [9.17, 15) is 0 Å². The number of nitrogens with zero attached hydrogens (tertiary/aromatic N) is 2. The highest BCUT2D eigenvalue weighted by atomic mass is 35.5. The highest BCUT2D eigenvalue weighted by molar-refractivity contribution is 6.31. The zero-order valence-corrected chi connectivity index (χ0v) is 15.4. The SMILES string of the molecule is COc1ccc(/C=N/Nc2c3c(nc4cc(Cl)ccc24)CCCC3)cc1. The second kappa shape index (κ2) is 7.34. The normalized spacial score (nSPS) is 13.8. The Hall–Kier alpha value is -2.59.